The van der Waals surface area contributed by atoms with Gasteiger partial charge in [0.05, 0.1) is 24.8 Å². The molecule has 128 valence electrons. The predicted octanol–water partition coefficient (Wildman–Crippen LogP) is 2.24. The van der Waals surface area contributed by atoms with Gasteiger partial charge < -0.3 is 18.5 Å². The molecule has 0 spiro atoms. The standard InChI is InChI=1S/C17H21N3O4/c1-3-14-18-10(2)15(24-14)17(21)20-6-4-13-12(8-20)19-16(23-13)11-5-7-22-9-11/h11H,3-9H2,1-2H3. The Kier molecular flexibility index (Phi) is 3.88. The van der Waals surface area contributed by atoms with Crippen molar-refractivity contribution in [1.29, 1.82) is 0 Å². The maximum absolute atomic E-state index is 12.7. The van der Waals surface area contributed by atoms with Crippen molar-refractivity contribution in [3.8, 4) is 0 Å². The smallest absolute Gasteiger partial charge is 0.291 e. The molecule has 7 heteroatoms. The summed E-state index contributed by atoms with van der Waals surface area (Å²) < 4.78 is 16.9. The second kappa shape index (κ2) is 6.05. The van der Waals surface area contributed by atoms with Crippen molar-refractivity contribution in [3.63, 3.8) is 0 Å². The Hall–Kier alpha value is -2.15. The fourth-order valence-corrected chi connectivity index (χ4v) is 3.24. The monoisotopic (exact) mass is 331 g/mol. The summed E-state index contributed by atoms with van der Waals surface area (Å²) >= 11 is 0. The highest BCUT2D eigenvalue weighted by Crippen LogP contribution is 2.29. The van der Waals surface area contributed by atoms with Crippen LogP contribution in [-0.4, -0.2) is 40.5 Å². The molecule has 24 heavy (non-hydrogen) atoms. The van der Waals surface area contributed by atoms with Crippen LogP contribution >= 0.6 is 0 Å². The quantitative estimate of drug-likeness (QED) is 0.858. The number of carbonyl (C=O) groups excluding carboxylic acids is 1. The molecule has 0 aliphatic carbocycles. The van der Waals surface area contributed by atoms with E-state index in [1.54, 1.807) is 11.8 Å². The van der Waals surface area contributed by atoms with E-state index in [0.717, 1.165) is 30.4 Å². The van der Waals surface area contributed by atoms with E-state index in [1.165, 1.54) is 0 Å². The van der Waals surface area contributed by atoms with Crippen LogP contribution in [0.4, 0.5) is 0 Å². The van der Waals surface area contributed by atoms with E-state index in [9.17, 15) is 4.79 Å². The number of hydrogen-bond donors (Lipinski definition) is 0. The lowest BCUT2D eigenvalue weighted by Gasteiger charge is -2.24. The number of aromatic nitrogens is 2. The highest BCUT2D eigenvalue weighted by molar-refractivity contribution is 5.92. The van der Waals surface area contributed by atoms with Gasteiger partial charge in [0.2, 0.25) is 5.76 Å². The zero-order valence-electron chi connectivity index (χ0n) is 14.0. The van der Waals surface area contributed by atoms with Crippen LogP contribution in [0.2, 0.25) is 0 Å². The van der Waals surface area contributed by atoms with Crippen LogP contribution in [0.25, 0.3) is 0 Å². The van der Waals surface area contributed by atoms with Crippen LogP contribution in [0.1, 0.15) is 58.7 Å². The van der Waals surface area contributed by atoms with E-state index in [1.807, 2.05) is 6.92 Å². The summed E-state index contributed by atoms with van der Waals surface area (Å²) in [6, 6.07) is 0. The van der Waals surface area contributed by atoms with E-state index in [0.29, 0.717) is 49.9 Å². The maximum Gasteiger partial charge on any atom is 0.291 e. The summed E-state index contributed by atoms with van der Waals surface area (Å²) in [5, 5.41) is 0. The SMILES string of the molecule is CCc1nc(C)c(C(=O)N2CCc3oc(C4CCOC4)nc3C2)o1. The van der Waals surface area contributed by atoms with Crippen molar-refractivity contribution in [1.82, 2.24) is 14.9 Å². The minimum atomic E-state index is -0.126. The summed E-state index contributed by atoms with van der Waals surface area (Å²) in [5.74, 6) is 2.68. The van der Waals surface area contributed by atoms with Gasteiger partial charge in [0.1, 0.15) is 11.5 Å². The Labute approximate surface area is 140 Å². The molecule has 1 saturated heterocycles. The second-order valence-corrected chi connectivity index (χ2v) is 6.33. The lowest BCUT2D eigenvalue weighted by atomic mass is 10.1. The summed E-state index contributed by atoms with van der Waals surface area (Å²) in [6.07, 6.45) is 2.29. The number of nitrogens with zero attached hydrogens (tertiary/aromatic N) is 3. The lowest BCUT2D eigenvalue weighted by Crippen LogP contribution is -2.36. The number of rotatable bonds is 3. The van der Waals surface area contributed by atoms with E-state index in [4.69, 9.17) is 13.6 Å². The Morgan fingerprint density at radius 1 is 1.33 bits per heavy atom. The van der Waals surface area contributed by atoms with Crippen LogP contribution in [-0.2, 0) is 24.1 Å². The molecule has 2 aromatic heterocycles. The average Bonchev–Trinajstić information content (AvgIpc) is 3.31. The molecule has 4 rings (SSSR count). The Balaban J connectivity index is 1.53. The van der Waals surface area contributed by atoms with Crippen molar-refractivity contribution in [3.05, 3.63) is 34.7 Å². The lowest BCUT2D eigenvalue weighted by molar-refractivity contribution is 0.0692. The Morgan fingerprint density at radius 3 is 2.92 bits per heavy atom. The van der Waals surface area contributed by atoms with Crippen LogP contribution in [0.15, 0.2) is 8.83 Å². The van der Waals surface area contributed by atoms with Crippen molar-refractivity contribution < 1.29 is 18.4 Å². The zero-order chi connectivity index (χ0) is 16.7. The average molecular weight is 331 g/mol. The van der Waals surface area contributed by atoms with Crippen LogP contribution in [0.5, 0.6) is 0 Å². The van der Waals surface area contributed by atoms with Gasteiger partial charge in [-0.25, -0.2) is 9.97 Å². The summed E-state index contributed by atoms with van der Waals surface area (Å²) in [5.41, 5.74) is 1.50. The molecule has 4 heterocycles. The molecule has 0 N–H and O–H groups in total. The number of hydrogen-bond acceptors (Lipinski definition) is 6. The zero-order valence-corrected chi connectivity index (χ0v) is 14.0. The minimum Gasteiger partial charge on any atom is -0.445 e. The molecule has 2 aliphatic rings. The highest BCUT2D eigenvalue weighted by Gasteiger charge is 2.31. The fraction of sp³-hybridized carbons (Fsp3) is 0.588. The molecule has 1 amide bonds. The predicted molar refractivity (Wildman–Crippen MR) is 83.7 cm³/mol. The van der Waals surface area contributed by atoms with E-state index in [-0.39, 0.29) is 11.8 Å². The van der Waals surface area contributed by atoms with Gasteiger partial charge in [-0.1, -0.05) is 6.92 Å². The van der Waals surface area contributed by atoms with Crippen molar-refractivity contribution in [2.75, 3.05) is 19.8 Å². The molecule has 1 fully saturated rings. The van der Waals surface area contributed by atoms with Crippen LogP contribution in [0, 0.1) is 6.92 Å². The van der Waals surface area contributed by atoms with E-state index < -0.39 is 0 Å². The van der Waals surface area contributed by atoms with Gasteiger partial charge >= 0.3 is 0 Å². The largest absolute Gasteiger partial charge is 0.445 e. The molecular formula is C17H21N3O4. The van der Waals surface area contributed by atoms with E-state index in [2.05, 4.69) is 9.97 Å². The number of carbonyl (C=O) groups is 1. The van der Waals surface area contributed by atoms with Gasteiger partial charge in [0.25, 0.3) is 5.91 Å². The normalized spacial score (nSPS) is 20.4. The molecule has 2 aromatic rings. The third kappa shape index (κ3) is 2.62. The van der Waals surface area contributed by atoms with Crippen LogP contribution < -0.4 is 0 Å². The third-order valence-electron chi connectivity index (χ3n) is 4.65. The molecule has 7 nitrogen and oxygen atoms in total. The van der Waals surface area contributed by atoms with Crippen molar-refractivity contribution >= 4 is 5.91 Å². The first kappa shape index (κ1) is 15.4. The first-order valence-electron chi connectivity index (χ1n) is 8.47. The van der Waals surface area contributed by atoms with Gasteiger partial charge in [0.15, 0.2) is 11.8 Å². The summed E-state index contributed by atoms with van der Waals surface area (Å²) in [6.45, 7) is 6.23. The molecule has 1 unspecified atom stereocenters. The van der Waals surface area contributed by atoms with Gasteiger partial charge in [-0.3, -0.25) is 4.79 Å². The summed E-state index contributed by atoms with van der Waals surface area (Å²) in [4.78, 5) is 23.4. The van der Waals surface area contributed by atoms with Gasteiger partial charge in [-0.15, -0.1) is 0 Å². The number of ether oxygens (including phenoxy) is 1. The molecule has 0 aromatic carbocycles. The fourth-order valence-electron chi connectivity index (χ4n) is 3.24. The molecule has 2 aliphatic heterocycles. The molecule has 0 saturated carbocycles. The molecule has 0 radical (unpaired) electrons. The second-order valence-electron chi connectivity index (χ2n) is 6.33. The third-order valence-corrected chi connectivity index (χ3v) is 4.65. The number of fused-ring (bicyclic) bond motifs is 1. The molecule has 1 atom stereocenters. The molecule has 0 bridgehead atoms. The Morgan fingerprint density at radius 2 is 2.21 bits per heavy atom. The topological polar surface area (TPSA) is 81.6 Å². The first-order valence-corrected chi connectivity index (χ1v) is 8.47. The van der Waals surface area contributed by atoms with Gasteiger partial charge in [-0.2, -0.15) is 0 Å². The van der Waals surface area contributed by atoms with Crippen LogP contribution in [0.3, 0.4) is 0 Å². The Bertz CT molecular complexity index is 758. The van der Waals surface area contributed by atoms with E-state index >= 15 is 0 Å². The highest BCUT2D eigenvalue weighted by atomic mass is 16.5. The number of aryl methyl sites for hydroxylation is 2. The minimum absolute atomic E-state index is 0.126. The van der Waals surface area contributed by atoms with Crippen molar-refractivity contribution in [2.45, 2.75) is 45.6 Å². The van der Waals surface area contributed by atoms with Crippen molar-refractivity contribution in [2.24, 2.45) is 0 Å². The van der Waals surface area contributed by atoms with Gasteiger partial charge in [-0.05, 0) is 13.3 Å². The number of oxazole rings is 2. The molecular weight excluding hydrogens is 310 g/mol. The summed E-state index contributed by atoms with van der Waals surface area (Å²) in [7, 11) is 0. The number of amides is 1. The maximum atomic E-state index is 12.7. The van der Waals surface area contributed by atoms with Gasteiger partial charge in [0, 0.05) is 26.0 Å². The first-order chi connectivity index (χ1) is 11.7.